The third kappa shape index (κ3) is 3.66. The van der Waals surface area contributed by atoms with Crippen LogP contribution in [0.5, 0.6) is 0 Å². The Morgan fingerprint density at radius 2 is 1.91 bits per heavy atom. The van der Waals surface area contributed by atoms with Gasteiger partial charge in [0.15, 0.2) is 0 Å². The summed E-state index contributed by atoms with van der Waals surface area (Å²) in [6.45, 7) is 0. The Hall–Kier alpha value is 0.580. The molecule has 11 heavy (non-hydrogen) atoms. The van der Waals surface area contributed by atoms with E-state index in [4.69, 9.17) is 23.2 Å². The molecule has 0 nitrogen and oxygen atoms in total. The van der Waals surface area contributed by atoms with Gasteiger partial charge in [0.1, 0.15) is 0 Å². The third-order valence-electron chi connectivity index (χ3n) is 2.49. The van der Waals surface area contributed by atoms with E-state index in [2.05, 4.69) is 0 Å². The largest absolute Gasteiger partial charge is 0.127 e. The average Bonchev–Trinajstić information content (AvgIpc) is 2.40. The third-order valence-corrected chi connectivity index (χ3v) is 3.10. The van der Waals surface area contributed by atoms with Gasteiger partial charge in [0.2, 0.25) is 0 Å². The van der Waals surface area contributed by atoms with Gasteiger partial charge in [0, 0.05) is 11.3 Å². The molecule has 0 amide bonds. The fraction of sp³-hybridized carbons (Fsp3) is 1.00. The Kier molecular flexibility index (Phi) is 4.63. The van der Waals surface area contributed by atoms with Crippen LogP contribution in [0.3, 0.4) is 0 Å². The summed E-state index contributed by atoms with van der Waals surface area (Å²) in [4.78, 5) is 0. The van der Waals surface area contributed by atoms with Crippen LogP contribution in [0.2, 0.25) is 0 Å². The minimum absolute atomic E-state index is 0.329. The van der Waals surface area contributed by atoms with Crippen molar-refractivity contribution in [2.24, 2.45) is 5.92 Å². The van der Waals surface area contributed by atoms with Crippen molar-refractivity contribution in [1.29, 1.82) is 0 Å². The molecule has 0 aromatic carbocycles. The zero-order valence-electron chi connectivity index (χ0n) is 6.86. The van der Waals surface area contributed by atoms with Crippen molar-refractivity contribution in [3.63, 3.8) is 0 Å². The Bertz CT molecular complexity index is 97.7. The van der Waals surface area contributed by atoms with Gasteiger partial charge in [-0.15, -0.1) is 23.2 Å². The molecule has 0 spiro atoms. The van der Waals surface area contributed by atoms with Gasteiger partial charge in [-0.05, 0) is 18.8 Å². The van der Waals surface area contributed by atoms with E-state index in [9.17, 15) is 0 Å². The first kappa shape index (κ1) is 9.67. The molecule has 0 aromatic heterocycles. The zero-order chi connectivity index (χ0) is 8.10. The predicted molar refractivity (Wildman–Crippen MR) is 51.6 cm³/mol. The molecule has 2 heteroatoms. The van der Waals surface area contributed by atoms with Gasteiger partial charge in [-0.3, -0.25) is 0 Å². The number of alkyl halides is 2. The van der Waals surface area contributed by atoms with Crippen LogP contribution in [0.25, 0.3) is 0 Å². The number of hydrogen-bond acceptors (Lipinski definition) is 0. The molecule has 0 aromatic rings. The van der Waals surface area contributed by atoms with Crippen LogP contribution in [-0.2, 0) is 0 Å². The lowest BCUT2D eigenvalue weighted by atomic mass is 10.0. The molecule has 1 rings (SSSR count). The Labute approximate surface area is 79.3 Å². The van der Waals surface area contributed by atoms with Gasteiger partial charge in [-0.25, -0.2) is 0 Å². The molecular weight excluding hydrogens is 179 g/mol. The summed E-state index contributed by atoms with van der Waals surface area (Å²) in [6, 6.07) is 0. The fourth-order valence-electron chi connectivity index (χ4n) is 1.84. The van der Waals surface area contributed by atoms with Gasteiger partial charge in [0.25, 0.3) is 0 Å². The maximum absolute atomic E-state index is 6.08. The fourth-order valence-corrected chi connectivity index (χ4v) is 2.58. The molecule has 1 atom stereocenters. The summed E-state index contributed by atoms with van der Waals surface area (Å²) in [5.41, 5.74) is 0. The number of halogens is 2. The highest BCUT2D eigenvalue weighted by Crippen LogP contribution is 2.30. The molecule has 0 saturated heterocycles. The lowest BCUT2D eigenvalue weighted by Gasteiger charge is -2.12. The average molecular weight is 195 g/mol. The quantitative estimate of drug-likeness (QED) is 0.598. The molecule has 1 fully saturated rings. The maximum atomic E-state index is 6.08. The molecular formula is C9H16Cl2. The Morgan fingerprint density at radius 1 is 1.27 bits per heavy atom. The summed E-state index contributed by atoms with van der Waals surface area (Å²) in [5, 5.41) is 0.329. The van der Waals surface area contributed by atoms with Gasteiger partial charge in [-0.2, -0.15) is 0 Å². The van der Waals surface area contributed by atoms with Crippen LogP contribution in [-0.4, -0.2) is 11.3 Å². The van der Waals surface area contributed by atoms with Crippen molar-refractivity contribution in [2.75, 3.05) is 5.88 Å². The van der Waals surface area contributed by atoms with Crippen LogP contribution < -0.4 is 0 Å². The Morgan fingerprint density at radius 3 is 2.45 bits per heavy atom. The van der Waals surface area contributed by atoms with Gasteiger partial charge < -0.3 is 0 Å². The summed E-state index contributed by atoms with van der Waals surface area (Å²) in [6.07, 6.45) is 7.77. The van der Waals surface area contributed by atoms with E-state index in [0.29, 0.717) is 11.3 Å². The van der Waals surface area contributed by atoms with E-state index in [1.807, 2.05) is 0 Å². The first-order valence-electron chi connectivity index (χ1n) is 4.53. The molecule has 1 saturated carbocycles. The van der Waals surface area contributed by atoms with Crippen LogP contribution in [0.15, 0.2) is 0 Å². The molecule has 0 unspecified atom stereocenters. The second kappa shape index (κ2) is 5.27. The molecule has 0 bridgehead atoms. The van der Waals surface area contributed by atoms with Crippen LogP contribution in [0.4, 0.5) is 0 Å². The molecule has 0 heterocycles. The molecule has 1 aliphatic rings. The monoisotopic (exact) mass is 194 g/mol. The standard InChI is InChI=1S/C9H16Cl2/c10-6-5-9(11)7-8-3-1-2-4-8/h8-9H,1-7H2/t9-/m1/s1. The summed E-state index contributed by atoms with van der Waals surface area (Å²) >= 11 is 11.7. The van der Waals surface area contributed by atoms with Crippen molar-refractivity contribution in [1.82, 2.24) is 0 Å². The van der Waals surface area contributed by atoms with E-state index in [1.165, 1.54) is 32.1 Å². The maximum Gasteiger partial charge on any atom is 0.0350 e. The lowest BCUT2D eigenvalue weighted by Crippen LogP contribution is -2.06. The minimum atomic E-state index is 0.329. The molecule has 1 aliphatic carbocycles. The highest BCUT2D eigenvalue weighted by molar-refractivity contribution is 6.22. The number of hydrogen-bond donors (Lipinski definition) is 0. The first-order valence-corrected chi connectivity index (χ1v) is 5.50. The van der Waals surface area contributed by atoms with Gasteiger partial charge in [-0.1, -0.05) is 25.7 Å². The van der Waals surface area contributed by atoms with E-state index in [1.54, 1.807) is 0 Å². The summed E-state index contributed by atoms with van der Waals surface area (Å²) in [7, 11) is 0. The van der Waals surface area contributed by atoms with Crippen molar-refractivity contribution in [3.05, 3.63) is 0 Å². The second-order valence-electron chi connectivity index (χ2n) is 3.46. The highest BCUT2D eigenvalue weighted by Gasteiger charge is 2.18. The summed E-state index contributed by atoms with van der Waals surface area (Å²) < 4.78 is 0. The van der Waals surface area contributed by atoms with Crippen molar-refractivity contribution in [2.45, 2.75) is 43.9 Å². The molecule has 66 valence electrons. The van der Waals surface area contributed by atoms with Gasteiger partial charge in [0.05, 0.1) is 0 Å². The molecule has 0 aliphatic heterocycles. The highest BCUT2D eigenvalue weighted by atomic mass is 35.5. The SMILES string of the molecule is ClCC[C@@H](Cl)CC1CCCC1. The smallest absolute Gasteiger partial charge is 0.0350 e. The molecule has 0 radical (unpaired) electrons. The minimum Gasteiger partial charge on any atom is -0.127 e. The topological polar surface area (TPSA) is 0 Å². The van der Waals surface area contributed by atoms with Crippen molar-refractivity contribution in [3.8, 4) is 0 Å². The van der Waals surface area contributed by atoms with E-state index >= 15 is 0 Å². The van der Waals surface area contributed by atoms with Crippen molar-refractivity contribution < 1.29 is 0 Å². The normalized spacial score (nSPS) is 22.4. The number of rotatable bonds is 4. The second-order valence-corrected chi connectivity index (χ2v) is 4.46. The summed E-state index contributed by atoms with van der Waals surface area (Å²) in [5.74, 6) is 1.61. The Balaban J connectivity index is 2.08. The van der Waals surface area contributed by atoms with Crippen molar-refractivity contribution >= 4 is 23.2 Å². The van der Waals surface area contributed by atoms with Crippen LogP contribution >= 0.6 is 23.2 Å². The van der Waals surface area contributed by atoms with E-state index in [-0.39, 0.29) is 0 Å². The van der Waals surface area contributed by atoms with Gasteiger partial charge >= 0.3 is 0 Å². The lowest BCUT2D eigenvalue weighted by molar-refractivity contribution is 0.485. The molecule has 0 N–H and O–H groups in total. The van der Waals surface area contributed by atoms with E-state index in [0.717, 1.165) is 12.3 Å². The van der Waals surface area contributed by atoms with Crippen LogP contribution in [0, 0.1) is 5.92 Å². The predicted octanol–water partition coefficient (Wildman–Crippen LogP) is 3.80. The first-order chi connectivity index (χ1) is 5.33. The van der Waals surface area contributed by atoms with Crippen LogP contribution in [0.1, 0.15) is 38.5 Å². The van der Waals surface area contributed by atoms with E-state index < -0.39 is 0 Å². The zero-order valence-corrected chi connectivity index (χ0v) is 8.37.